The quantitative estimate of drug-likeness (QED) is 0.584. The van der Waals surface area contributed by atoms with Gasteiger partial charge in [-0.05, 0) is 34.1 Å². The van der Waals surface area contributed by atoms with Gasteiger partial charge in [-0.15, -0.1) is 0 Å². The summed E-state index contributed by atoms with van der Waals surface area (Å²) in [5.74, 6) is 0.0509. The number of nitrogens with zero attached hydrogens (tertiary/aromatic N) is 1. The summed E-state index contributed by atoms with van der Waals surface area (Å²) >= 11 is 0. The van der Waals surface area contributed by atoms with Crippen LogP contribution in [-0.4, -0.2) is 55.5 Å². The highest BCUT2D eigenvalue weighted by Crippen LogP contribution is 2.27. The van der Waals surface area contributed by atoms with Crippen molar-refractivity contribution in [2.75, 3.05) is 32.9 Å². The Kier molecular flexibility index (Phi) is 6.27. The fourth-order valence-electron chi connectivity index (χ4n) is 3.16. The van der Waals surface area contributed by atoms with E-state index in [1.165, 1.54) is 0 Å². The van der Waals surface area contributed by atoms with Gasteiger partial charge in [0.2, 0.25) is 0 Å². The molecular weight excluding hydrogens is 310 g/mol. The molecule has 0 aromatic heterocycles. The number of esters is 1. The lowest BCUT2D eigenvalue weighted by molar-refractivity contribution is -0.142. The standard InChI is InChI=1S/C18H29NO5/c1-5-23-16(20)8-13-6-14-9-19(17(21)24-18(2,3)4)10-15(7-13)12-22-11-14/h6,14-15H,5,7-12H2,1-4H3/b13-6+. The van der Waals surface area contributed by atoms with E-state index in [2.05, 4.69) is 6.08 Å². The molecule has 1 fully saturated rings. The van der Waals surface area contributed by atoms with E-state index in [4.69, 9.17) is 14.2 Å². The van der Waals surface area contributed by atoms with E-state index >= 15 is 0 Å². The van der Waals surface area contributed by atoms with Crippen molar-refractivity contribution in [3.63, 3.8) is 0 Å². The molecule has 0 aromatic rings. The minimum atomic E-state index is -0.504. The minimum absolute atomic E-state index is 0.0724. The molecular formula is C18H29NO5. The van der Waals surface area contributed by atoms with Crippen LogP contribution >= 0.6 is 0 Å². The first-order valence-electron chi connectivity index (χ1n) is 8.67. The van der Waals surface area contributed by atoms with Crippen LogP contribution in [0.3, 0.4) is 0 Å². The summed E-state index contributed by atoms with van der Waals surface area (Å²) in [5, 5.41) is 0. The van der Waals surface area contributed by atoms with Crippen molar-refractivity contribution in [3.05, 3.63) is 11.6 Å². The molecule has 3 aliphatic rings. The molecule has 2 bridgehead atoms. The van der Waals surface area contributed by atoms with E-state index < -0.39 is 5.60 Å². The third-order valence-electron chi connectivity index (χ3n) is 3.97. The summed E-state index contributed by atoms with van der Waals surface area (Å²) < 4.78 is 16.3. The summed E-state index contributed by atoms with van der Waals surface area (Å²) in [5.41, 5.74) is 0.589. The Morgan fingerprint density at radius 3 is 2.71 bits per heavy atom. The molecule has 3 aliphatic heterocycles. The number of carbonyl (C=O) groups is 2. The van der Waals surface area contributed by atoms with Crippen molar-refractivity contribution < 1.29 is 23.8 Å². The van der Waals surface area contributed by atoms with Crippen molar-refractivity contribution in [1.82, 2.24) is 4.90 Å². The fourth-order valence-corrected chi connectivity index (χ4v) is 3.16. The molecule has 0 saturated carbocycles. The number of hydrogen-bond acceptors (Lipinski definition) is 5. The Morgan fingerprint density at radius 2 is 2.04 bits per heavy atom. The van der Waals surface area contributed by atoms with Crippen LogP contribution in [0.1, 0.15) is 40.5 Å². The zero-order valence-electron chi connectivity index (χ0n) is 15.2. The molecule has 0 N–H and O–H groups in total. The largest absolute Gasteiger partial charge is 0.466 e. The Balaban J connectivity index is 2.09. The van der Waals surface area contributed by atoms with Gasteiger partial charge in [-0.2, -0.15) is 0 Å². The normalized spacial score (nSPS) is 26.7. The first-order chi connectivity index (χ1) is 11.3. The van der Waals surface area contributed by atoms with Gasteiger partial charge in [-0.3, -0.25) is 4.79 Å². The Bertz CT molecular complexity index is 494. The molecule has 6 nitrogen and oxygen atoms in total. The van der Waals surface area contributed by atoms with E-state index in [0.717, 1.165) is 12.0 Å². The number of amides is 1. The first kappa shape index (κ1) is 18.8. The van der Waals surface area contributed by atoms with Crippen LogP contribution in [0, 0.1) is 11.8 Å². The van der Waals surface area contributed by atoms with Crippen molar-refractivity contribution in [3.8, 4) is 0 Å². The molecule has 3 heterocycles. The van der Waals surface area contributed by atoms with Crippen LogP contribution in [-0.2, 0) is 19.0 Å². The van der Waals surface area contributed by atoms with Crippen LogP contribution in [0.4, 0.5) is 4.79 Å². The van der Waals surface area contributed by atoms with Gasteiger partial charge in [0.25, 0.3) is 0 Å². The first-order valence-corrected chi connectivity index (χ1v) is 8.67. The number of hydrogen-bond donors (Lipinski definition) is 0. The Labute approximate surface area is 144 Å². The van der Waals surface area contributed by atoms with Crippen molar-refractivity contribution in [2.24, 2.45) is 11.8 Å². The second kappa shape index (κ2) is 8.01. The van der Waals surface area contributed by atoms with E-state index in [1.54, 1.807) is 4.90 Å². The summed E-state index contributed by atoms with van der Waals surface area (Å²) in [4.78, 5) is 26.0. The van der Waals surface area contributed by atoms with Crippen LogP contribution in [0.2, 0.25) is 0 Å². The minimum Gasteiger partial charge on any atom is -0.466 e. The van der Waals surface area contributed by atoms with Gasteiger partial charge < -0.3 is 19.1 Å². The monoisotopic (exact) mass is 339 g/mol. The lowest BCUT2D eigenvalue weighted by Gasteiger charge is -2.36. The van der Waals surface area contributed by atoms with Gasteiger partial charge in [-0.1, -0.05) is 11.6 Å². The zero-order chi connectivity index (χ0) is 17.7. The van der Waals surface area contributed by atoms with Gasteiger partial charge in [0.05, 0.1) is 26.2 Å². The second-order valence-electron chi connectivity index (χ2n) is 7.56. The third kappa shape index (κ3) is 5.82. The molecule has 6 heteroatoms. The van der Waals surface area contributed by atoms with Crippen LogP contribution in [0.5, 0.6) is 0 Å². The van der Waals surface area contributed by atoms with Crippen LogP contribution in [0.15, 0.2) is 11.6 Å². The second-order valence-corrected chi connectivity index (χ2v) is 7.56. The van der Waals surface area contributed by atoms with Crippen molar-refractivity contribution in [2.45, 2.75) is 46.1 Å². The van der Waals surface area contributed by atoms with Gasteiger partial charge in [-0.25, -0.2) is 4.79 Å². The zero-order valence-corrected chi connectivity index (χ0v) is 15.2. The highest BCUT2D eigenvalue weighted by Gasteiger charge is 2.31. The summed E-state index contributed by atoms with van der Waals surface area (Å²) in [6, 6.07) is 0. The third-order valence-corrected chi connectivity index (χ3v) is 3.97. The maximum absolute atomic E-state index is 12.4. The number of carbonyl (C=O) groups excluding carboxylic acids is 2. The van der Waals surface area contributed by atoms with Gasteiger partial charge in [0.15, 0.2) is 0 Å². The summed E-state index contributed by atoms with van der Waals surface area (Å²) in [6.07, 6.45) is 2.88. The predicted octanol–water partition coefficient (Wildman–Crippen LogP) is 2.77. The predicted molar refractivity (Wildman–Crippen MR) is 89.6 cm³/mol. The Morgan fingerprint density at radius 1 is 1.29 bits per heavy atom. The van der Waals surface area contributed by atoms with E-state index in [9.17, 15) is 9.59 Å². The summed E-state index contributed by atoms with van der Waals surface area (Å²) in [7, 11) is 0. The molecule has 0 radical (unpaired) electrons. The van der Waals surface area contributed by atoms with Crippen molar-refractivity contribution in [1.29, 1.82) is 0 Å². The SMILES string of the molecule is CCOC(=O)C/C1=C/C2COCC(C1)CN(C(=O)OC(C)(C)C)C2. The molecule has 2 atom stereocenters. The maximum Gasteiger partial charge on any atom is 0.410 e. The topological polar surface area (TPSA) is 65.1 Å². The molecule has 2 unspecified atom stereocenters. The fraction of sp³-hybridized carbons (Fsp3) is 0.778. The van der Waals surface area contributed by atoms with E-state index in [1.807, 2.05) is 27.7 Å². The molecule has 0 aliphatic carbocycles. The smallest absolute Gasteiger partial charge is 0.410 e. The molecule has 3 rings (SSSR count). The molecule has 24 heavy (non-hydrogen) atoms. The highest BCUT2D eigenvalue weighted by atomic mass is 16.6. The molecule has 1 saturated heterocycles. The van der Waals surface area contributed by atoms with Gasteiger partial charge in [0.1, 0.15) is 5.60 Å². The summed E-state index contributed by atoms with van der Waals surface area (Å²) in [6.45, 7) is 10.1. The molecule has 0 spiro atoms. The maximum atomic E-state index is 12.4. The van der Waals surface area contributed by atoms with Crippen LogP contribution < -0.4 is 0 Å². The lowest BCUT2D eigenvalue weighted by Crippen LogP contribution is -2.46. The Hall–Kier alpha value is -1.56. The number of rotatable bonds is 3. The van der Waals surface area contributed by atoms with Crippen molar-refractivity contribution >= 4 is 12.1 Å². The van der Waals surface area contributed by atoms with Gasteiger partial charge >= 0.3 is 12.1 Å². The number of ether oxygens (including phenoxy) is 3. The number of fused-ring (bicyclic) bond motifs is 5. The van der Waals surface area contributed by atoms with E-state index in [-0.39, 0.29) is 23.9 Å². The molecule has 136 valence electrons. The highest BCUT2D eigenvalue weighted by molar-refractivity contribution is 5.72. The van der Waals surface area contributed by atoms with Gasteiger partial charge in [0, 0.05) is 24.9 Å². The lowest BCUT2D eigenvalue weighted by atomic mass is 9.90. The molecule has 1 amide bonds. The average Bonchev–Trinajstić information content (AvgIpc) is 2.37. The average molecular weight is 339 g/mol. The van der Waals surface area contributed by atoms with E-state index in [0.29, 0.717) is 39.3 Å². The van der Waals surface area contributed by atoms with Crippen LogP contribution in [0.25, 0.3) is 0 Å². The molecule has 0 aromatic carbocycles.